The molecule has 0 amide bonds. The van der Waals surface area contributed by atoms with Crippen molar-refractivity contribution in [2.75, 3.05) is 0 Å². The van der Waals surface area contributed by atoms with Gasteiger partial charge in [-0.1, -0.05) is 66.7 Å². The standard InChI is InChI=1S/C19H19NO2S/c1-15(18-12-11-17-9-5-6-10-19(17)13-18)20-23(21,22)14-16-7-3-2-4-8-16/h2-13,15,20H,14H2,1H3. The minimum Gasteiger partial charge on any atom is -0.212 e. The fraction of sp³-hybridized carbons (Fsp3) is 0.158. The predicted molar refractivity (Wildman–Crippen MR) is 94.6 cm³/mol. The first-order valence-electron chi connectivity index (χ1n) is 7.56. The third-order valence-corrected chi connectivity index (χ3v) is 5.26. The summed E-state index contributed by atoms with van der Waals surface area (Å²) >= 11 is 0. The smallest absolute Gasteiger partial charge is 0.212 e. The SMILES string of the molecule is CC(NS(=O)(=O)Cc1ccccc1)c1ccc2ccccc2c1. The van der Waals surface area contributed by atoms with Gasteiger partial charge in [-0.05, 0) is 34.9 Å². The highest BCUT2D eigenvalue weighted by Crippen LogP contribution is 2.21. The zero-order valence-corrected chi connectivity index (χ0v) is 13.8. The lowest BCUT2D eigenvalue weighted by atomic mass is 10.0. The van der Waals surface area contributed by atoms with E-state index >= 15 is 0 Å². The molecule has 0 aromatic heterocycles. The fourth-order valence-electron chi connectivity index (χ4n) is 2.65. The zero-order chi connectivity index (χ0) is 16.3. The van der Waals surface area contributed by atoms with Crippen LogP contribution in [0.15, 0.2) is 72.8 Å². The Labute approximate surface area is 137 Å². The van der Waals surface area contributed by atoms with Crippen molar-refractivity contribution in [3.05, 3.63) is 83.9 Å². The summed E-state index contributed by atoms with van der Waals surface area (Å²) in [7, 11) is -3.39. The van der Waals surface area contributed by atoms with E-state index in [2.05, 4.69) is 4.72 Å². The van der Waals surface area contributed by atoms with Gasteiger partial charge in [-0.2, -0.15) is 0 Å². The van der Waals surface area contributed by atoms with Gasteiger partial charge in [-0.3, -0.25) is 0 Å². The average molecular weight is 325 g/mol. The van der Waals surface area contributed by atoms with E-state index in [-0.39, 0.29) is 11.8 Å². The van der Waals surface area contributed by atoms with Crippen LogP contribution in [-0.2, 0) is 15.8 Å². The highest BCUT2D eigenvalue weighted by atomic mass is 32.2. The third kappa shape index (κ3) is 3.97. The Bertz CT molecular complexity index is 905. The molecule has 3 rings (SSSR count). The van der Waals surface area contributed by atoms with Crippen LogP contribution in [0.25, 0.3) is 10.8 Å². The van der Waals surface area contributed by atoms with Crippen molar-refractivity contribution in [3.8, 4) is 0 Å². The van der Waals surface area contributed by atoms with Crippen molar-refractivity contribution >= 4 is 20.8 Å². The normalized spacial score (nSPS) is 13.1. The van der Waals surface area contributed by atoms with Crippen LogP contribution in [0.1, 0.15) is 24.1 Å². The zero-order valence-electron chi connectivity index (χ0n) is 12.9. The van der Waals surface area contributed by atoms with Gasteiger partial charge in [-0.25, -0.2) is 13.1 Å². The first kappa shape index (κ1) is 15.7. The van der Waals surface area contributed by atoms with Gasteiger partial charge in [0.2, 0.25) is 10.0 Å². The maximum Gasteiger partial charge on any atom is 0.216 e. The van der Waals surface area contributed by atoms with Gasteiger partial charge in [0.05, 0.1) is 5.75 Å². The molecule has 3 aromatic carbocycles. The summed E-state index contributed by atoms with van der Waals surface area (Å²) in [6.45, 7) is 1.87. The van der Waals surface area contributed by atoms with E-state index in [0.29, 0.717) is 0 Å². The third-order valence-electron chi connectivity index (χ3n) is 3.83. The van der Waals surface area contributed by atoms with E-state index in [9.17, 15) is 8.42 Å². The molecule has 0 saturated heterocycles. The van der Waals surface area contributed by atoms with E-state index in [1.165, 1.54) is 0 Å². The van der Waals surface area contributed by atoms with Gasteiger partial charge >= 0.3 is 0 Å². The number of hydrogen-bond acceptors (Lipinski definition) is 2. The van der Waals surface area contributed by atoms with Gasteiger partial charge in [0.1, 0.15) is 0 Å². The summed E-state index contributed by atoms with van der Waals surface area (Å²) in [6.07, 6.45) is 0. The van der Waals surface area contributed by atoms with Crippen LogP contribution in [0.3, 0.4) is 0 Å². The Hall–Kier alpha value is -2.17. The van der Waals surface area contributed by atoms with E-state index < -0.39 is 10.0 Å². The Morgan fingerprint density at radius 1 is 0.870 bits per heavy atom. The fourth-order valence-corrected chi connectivity index (χ4v) is 4.04. The van der Waals surface area contributed by atoms with Crippen molar-refractivity contribution in [2.24, 2.45) is 0 Å². The summed E-state index contributed by atoms with van der Waals surface area (Å²) in [5.74, 6) is -0.00817. The molecule has 1 N–H and O–H groups in total. The molecule has 3 nitrogen and oxygen atoms in total. The molecule has 23 heavy (non-hydrogen) atoms. The molecule has 1 unspecified atom stereocenters. The molecule has 0 fully saturated rings. The Balaban J connectivity index is 1.78. The molecule has 4 heteroatoms. The summed E-state index contributed by atoms with van der Waals surface area (Å²) in [5.41, 5.74) is 1.74. The maximum absolute atomic E-state index is 12.3. The second kappa shape index (κ2) is 6.52. The molecule has 0 spiro atoms. The quantitative estimate of drug-likeness (QED) is 0.770. The molecular weight excluding hydrogens is 306 g/mol. The first-order valence-corrected chi connectivity index (χ1v) is 9.21. The van der Waals surface area contributed by atoms with Gasteiger partial charge in [-0.15, -0.1) is 0 Å². The molecule has 0 aliphatic heterocycles. The van der Waals surface area contributed by atoms with Crippen molar-refractivity contribution in [3.63, 3.8) is 0 Å². The second-order valence-electron chi connectivity index (χ2n) is 5.69. The van der Waals surface area contributed by atoms with Crippen LogP contribution in [0, 0.1) is 0 Å². The summed E-state index contributed by atoms with van der Waals surface area (Å²) in [4.78, 5) is 0. The minimum atomic E-state index is -3.39. The van der Waals surface area contributed by atoms with E-state index in [1.807, 2.05) is 79.7 Å². The second-order valence-corrected chi connectivity index (χ2v) is 7.44. The summed E-state index contributed by atoms with van der Waals surface area (Å²) in [6, 6.07) is 23.0. The first-order chi connectivity index (χ1) is 11.0. The van der Waals surface area contributed by atoms with Crippen LogP contribution in [0.5, 0.6) is 0 Å². The van der Waals surface area contributed by atoms with Crippen LogP contribution in [0.4, 0.5) is 0 Å². The molecule has 118 valence electrons. The molecule has 0 saturated carbocycles. The molecule has 0 bridgehead atoms. The Kier molecular flexibility index (Phi) is 4.46. The van der Waals surface area contributed by atoms with Gasteiger partial charge in [0.25, 0.3) is 0 Å². The number of nitrogens with one attached hydrogen (secondary N) is 1. The lowest BCUT2D eigenvalue weighted by molar-refractivity contribution is 0.566. The maximum atomic E-state index is 12.3. The van der Waals surface area contributed by atoms with Gasteiger partial charge in [0.15, 0.2) is 0 Å². The molecule has 0 aliphatic carbocycles. The van der Waals surface area contributed by atoms with Crippen LogP contribution in [-0.4, -0.2) is 8.42 Å². The van der Waals surface area contributed by atoms with Crippen molar-refractivity contribution < 1.29 is 8.42 Å². The number of rotatable bonds is 5. The molecule has 1 atom stereocenters. The summed E-state index contributed by atoms with van der Waals surface area (Å²) in [5, 5.41) is 2.26. The van der Waals surface area contributed by atoms with Gasteiger partial charge < -0.3 is 0 Å². The van der Waals surface area contributed by atoms with Crippen molar-refractivity contribution in [1.82, 2.24) is 4.72 Å². The minimum absolute atomic E-state index is 0.00817. The largest absolute Gasteiger partial charge is 0.216 e. The monoisotopic (exact) mass is 325 g/mol. The Morgan fingerprint density at radius 3 is 2.26 bits per heavy atom. The molecule has 0 aliphatic rings. The molecule has 0 heterocycles. The average Bonchev–Trinajstić information content (AvgIpc) is 2.54. The number of hydrogen-bond donors (Lipinski definition) is 1. The number of sulfonamides is 1. The number of benzene rings is 3. The molecular formula is C19H19NO2S. The predicted octanol–water partition coefficient (Wildman–Crippen LogP) is 4.02. The van der Waals surface area contributed by atoms with E-state index in [1.54, 1.807) is 0 Å². The van der Waals surface area contributed by atoms with Gasteiger partial charge in [0, 0.05) is 6.04 Å². The van der Waals surface area contributed by atoms with E-state index in [0.717, 1.165) is 21.9 Å². The number of fused-ring (bicyclic) bond motifs is 1. The van der Waals surface area contributed by atoms with Crippen molar-refractivity contribution in [2.45, 2.75) is 18.7 Å². The van der Waals surface area contributed by atoms with Crippen LogP contribution >= 0.6 is 0 Å². The Morgan fingerprint density at radius 2 is 1.52 bits per heavy atom. The molecule has 0 radical (unpaired) electrons. The van der Waals surface area contributed by atoms with E-state index in [4.69, 9.17) is 0 Å². The highest BCUT2D eigenvalue weighted by molar-refractivity contribution is 7.88. The van der Waals surface area contributed by atoms with Crippen LogP contribution in [0.2, 0.25) is 0 Å². The highest BCUT2D eigenvalue weighted by Gasteiger charge is 2.16. The summed E-state index contributed by atoms with van der Waals surface area (Å²) < 4.78 is 27.4. The lowest BCUT2D eigenvalue weighted by Crippen LogP contribution is -2.28. The van der Waals surface area contributed by atoms with Crippen LogP contribution < -0.4 is 4.72 Å². The lowest BCUT2D eigenvalue weighted by Gasteiger charge is -2.15. The van der Waals surface area contributed by atoms with Crippen molar-refractivity contribution in [1.29, 1.82) is 0 Å². The molecule has 3 aromatic rings. The topological polar surface area (TPSA) is 46.2 Å².